The van der Waals surface area contributed by atoms with Gasteiger partial charge in [-0.2, -0.15) is 0 Å². The third-order valence-corrected chi connectivity index (χ3v) is 3.33. The van der Waals surface area contributed by atoms with Crippen LogP contribution < -0.4 is 9.47 Å². The number of benzene rings is 2. The summed E-state index contributed by atoms with van der Waals surface area (Å²) < 4.78 is 54.4. The van der Waals surface area contributed by atoms with Gasteiger partial charge in [-0.15, -0.1) is 0 Å². The molecule has 0 spiro atoms. The average molecular weight is 374 g/mol. The van der Waals surface area contributed by atoms with Gasteiger partial charge in [0.15, 0.2) is 34.6 Å². The van der Waals surface area contributed by atoms with Crippen molar-refractivity contribution in [3.63, 3.8) is 0 Å². The van der Waals surface area contributed by atoms with Crippen LogP contribution in [0.5, 0.6) is 23.0 Å². The Labute approximate surface area is 165 Å². The van der Waals surface area contributed by atoms with Crippen molar-refractivity contribution in [2.75, 3.05) is 14.1 Å². The molecule has 27 heavy (non-hydrogen) atoms. The maximum Gasteiger partial charge on any atom is 0.163 e. The van der Waals surface area contributed by atoms with Crippen LogP contribution in [0, 0.1) is 0 Å². The number of aromatic hydroxyl groups is 2. The van der Waals surface area contributed by atoms with Gasteiger partial charge in [-0.25, -0.2) is 0 Å². The smallest absolute Gasteiger partial charge is 0.163 e. The summed E-state index contributed by atoms with van der Waals surface area (Å²) in [5.41, 5.74) is 0.220. The molecular weight excluding hydrogens is 348 g/mol. The van der Waals surface area contributed by atoms with Crippen LogP contribution in [0.1, 0.15) is 25.8 Å². The van der Waals surface area contributed by atoms with Gasteiger partial charge in [-0.1, -0.05) is 24.3 Å². The molecule has 0 saturated carbocycles. The van der Waals surface area contributed by atoms with Gasteiger partial charge < -0.3 is 19.7 Å². The van der Waals surface area contributed by atoms with E-state index in [1.54, 1.807) is 0 Å². The number of methoxy groups -OCH3 is 2. The molecule has 0 unspecified atom stereocenters. The van der Waals surface area contributed by atoms with E-state index in [0.717, 1.165) is 18.2 Å². The molecule has 0 bridgehead atoms. The summed E-state index contributed by atoms with van der Waals surface area (Å²) in [5, 5.41) is 19.4. The summed E-state index contributed by atoms with van der Waals surface area (Å²) in [5.74, 6) is -2.87. The molecule has 0 amide bonds. The van der Waals surface area contributed by atoms with Crippen LogP contribution in [0.2, 0.25) is 0 Å². The van der Waals surface area contributed by atoms with Crippen molar-refractivity contribution in [3.05, 3.63) is 59.6 Å². The van der Waals surface area contributed by atoms with Gasteiger partial charge in [0.05, 0.1) is 28.8 Å². The molecule has 2 N–H and O–H groups in total. The molecular formula is C21H20O6. The highest BCUT2D eigenvalue weighted by atomic mass is 16.5. The molecule has 0 aliphatic carbocycles. The normalized spacial score (nSPS) is 14.7. The zero-order valence-corrected chi connectivity index (χ0v) is 14.3. The van der Waals surface area contributed by atoms with Gasteiger partial charge in [-0.3, -0.25) is 9.59 Å². The molecule has 2 aromatic rings. The van der Waals surface area contributed by atoms with Gasteiger partial charge in [0.1, 0.15) is 0 Å². The first-order valence-corrected chi connectivity index (χ1v) is 7.64. The summed E-state index contributed by atoms with van der Waals surface area (Å²) in [6, 6.07) is 2.33. The van der Waals surface area contributed by atoms with E-state index in [-0.39, 0.29) is 17.1 Å². The first-order valence-electron chi connectivity index (χ1n) is 10.6. The van der Waals surface area contributed by atoms with E-state index in [0.29, 0.717) is 5.56 Å². The van der Waals surface area contributed by atoms with E-state index in [1.807, 2.05) is 0 Å². The van der Waals surface area contributed by atoms with Gasteiger partial charge in [-0.05, 0) is 47.5 Å². The summed E-state index contributed by atoms with van der Waals surface area (Å²) in [6.07, 6.45) is 3.95. The Balaban J connectivity index is 2.17. The van der Waals surface area contributed by atoms with E-state index in [4.69, 9.17) is 13.0 Å². The molecule has 0 aliphatic rings. The number of hydrogen-bond donors (Lipinski definition) is 2. The molecule has 0 aromatic heterocycles. The van der Waals surface area contributed by atoms with Gasteiger partial charge >= 0.3 is 0 Å². The lowest BCUT2D eigenvalue weighted by Crippen LogP contribution is -2.01. The molecule has 0 fully saturated rings. The fourth-order valence-electron chi connectivity index (χ4n) is 2.01. The monoisotopic (exact) mass is 374 g/mol. The Morgan fingerprint density at radius 3 is 2.41 bits per heavy atom. The molecule has 2 rings (SSSR count). The van der Waals surface area contributed by atoms with Crippen LogP contribution in [-0.4, -0.2) is 35.9 Å². The third-order valence-electron chi connectivity index (χ3n) is 3.33. The lowest BCUT2D eigenvalue weighted by atomic mass is 10.1. The SMILES string of the molecule is [2H]c1c([2H])c(/C=C/C(=O)CC(=O)/C=C/c2ccc(O)c(OC)c2)c([2H])c(OC([2H])([2H])[2H])c1O. The number of ketones is 2. The largest absolute Gasteiger partial charge is 0.504 e. The van der Waals surface area contributed by atoms with Crippen molar-refractivity contribution in [2.45, 2.75) is 6.42 Å². The van der Waals surface area contributed by atoms with Gasteiger partial charge in [0, 0.05) is 0 Å². The molecule has 0 heterocycles. The Hall–Kier alpha value is -3.54. The third kappa shape index (κ3) is 5.74. The van der Waals surface area contributed by atoms with Crippen LogP contribution in [0.4, 0.5) is 0 Å². The summed E-state index contributed by atoms with van der Waals surface area (Å²) in [6.45, 7) is 0. The van der Waals surface area contributed by atoms with Crippen LogP contribution in [0.3, 0.4) is 0 Å². The fourth-order valence-corrected chi connectivity index (χ4v) is 2.01. The lowest BCUT2D eigenvalue weighted by molar-refractivity contribution is -0.121. The van der Waals surface area contributed by atoms with Crippen molar-refractivity contribution in [3.8, 4) is 23.0 Å². The molecule has 0 aliphatic heterocycles. The van der Waals surface area contributed by atoms with E-state index in [2.05, 4.69) is 4.74 Å². The maximum atomic E-state index is 12.1. The Bertz CT molecular complexity index is 1140. The van der Waals surface area contributed by atoms with Crippen LogP contribution >= 0.6 is 0 Å². The number of carbonyl (C=O) groups excluding carboxylic acids is 2. The standard InChI is InChI=1S/C21H20O6/c1-26-20-11-14(5-9-18(20)24)3-7-16(22)13-17(23)8-4-15-6-10-19(25)21(12-15)27-2/h3-12,24-25H,13H2,1-2H3/b7-3+,8-4+/i1D3,5D,9D,11D. The Morgan fingerprint density at radius 1 is 1.04 bits per heavy atom. The zero-order chi connectivity index (χ0) is 24.9. The predicted octanol–water partition coefficient (Wildman–Crippen LogP) is 3.37. The summed E-state index contributed by atoms with van der Waals surface area (Å²) in [7, 11) is -1.64. The lowest BCUT2D eigenvalue weighted by Gasteiger charge is -2.03. The number of rotatable bonds is 8. The van der Waals surface area contributed by atoms with Crippen molar-refractivity contribution >= 4 is 23.7 Å². The van der Waals surface area contributed by atoms with Gasteiger partial charge in [0.25, 0.3) is 0 Å². The zero-order valence-electron chi connectivity index (χ0n) is 20.3. The Kier molecular flexibility index (Phi) is 4.36. The molecule has 6 heteroatoms. The fraction of sp³-hybridized carbons (Fsp3) is 0.143. The number of phenols is 2. The number of allylic oxidation sites excluding steroid dienone is 2. The summed E-state index contributed by atoms with van der Waals surface area (Å²) in [4.78, 5) is 24.2. The highest BCUT2D eigenvalue weighted by Crippen LogP contribution is 2.27. The first kappa shape index (κ1) is 12.8. The molecule has 0 atom stereocenters. The minimum atomic E-state index is -3.01. The maximum absolute atomic E-state index is 12.1. The number of ether oxygens (including phenoxy) is 2. The van der Waals surface area contributed by atoms with E-state index >= 15 is 0 Å². The summed E-state index contributed by atoms with van der Waals surface area (Å²) >= 11 is 0. The number of hydrogen-bond acceptors (Lipinski definition) is 6. The second-order valence-corrected chi connectivity index (χ2v) is 5.28. The Morgan fingerprint density at radius 2 is 1.74 bits per heavy atom. The molecule has 140 valence electrons. The van der Waals surface area contributed by atoms with Crippen molar-refractivity contribution in [1.29, 1.82) is 0 Å². The van der Waals surface area contributed by atoms with E-state index in [1.165, 1.54) is 31.4 Å². The number of carbonyl (C=O) groups is 2. The molecule has 2 aromatic carbocycles. The molecule has 6 nitrogen and oxygen atoms in total. The number of phenolic OH excluding ortho intramolecular Hbond substituents is 2. The van der Waals surface area contributed by atoms with Crippen LogP contribution in [0.15, 0.2) is 48.5 Å². The van der Waals surface area contributed by atoms with E-state index < -0.39 is 54.7 Å². The second kappa shape index (κ2) is 9.24. The molecule has 0 radical (unpaired) electrons. The topological polar surface area (TPSA) is 93.1 Å². The second-order valence-electron chi connectivity index (χ2n) is 5.28. The average Bonchev–Trinajstić information content (AvgIpc) is 2.74. The minimum absolute atomic E-state index is 0.0682. The minimum Gasteiger partial charge on any atom is -0.504 e. The van der Waals surface area contributed by atoms with Crippen LogP contribution in [-0.2, 0) is 9.59 Å². The molecule has 0 saturated heterocycles. The highest BCUT2D eigenvalue weighted by Gasteiger charge is 2.06. The van der Waals surface area contributed by atoms with Crippen molar-refractivity contribution in [2.24, 2.45) is 0 Å². The van der Waals surface area contributed by atoms with Crippen molar-refractivity contribution < 1.29 is 37.5 Å². The highest BCUT2D eigenvalue weighted by molar-refractivity contribution is 6.10. The van der Waals surface area contributed by atoms with Gasteiger partial charge in [0.2, 0.25) is 0 Å². The van der Waals surface area contributed by atoms with Crippen molar-refractivity contribution in [1.82, 2.24) is 0 Å². The van der Waals surface area contributed by atoms with E-state index in [9.17, 15) is 19.8 Å². The predicted molar refractivity (Wildman–Crippen MR) is 102 cm³/mol. The quantitative estimate of drug-likeness (QED) is 0.544. The van der Waals surface area contributed by atoms with Crippen LogP contribution in [0.25, 0.3) is 12.2 Å². The first-order chi connectivity index (χ1) is 15.3.